The first-order valence-electron chi connectivity index (χ1n) is 16.0. The van der Waals surface area contributed by atoms with Gasteiger partial charge in [0.15, 0.2) is 0 Å². The molecule has 0 aromatic heterocycles. The van der Waals surface area contributed by atoms with Crippen LogP contribution in [0.2, 0.25) is 0 Å². The summed E-state index contributed by atoms with van der Waals surface area (Å²) < 4.78 is 4.91. The molecule has 0 radical (unpaired) electrons. The van der Waals surface area contributed by atoms with Gasteiger partial charge in [-0.15, -0.1) is 0 Å². The molecular formula is C34H52N4O6. The minimum atomic E-state index is -0.930. The van der Waals surface area contributed by atoms with Crippen LogP contribution < -0.4 is 21.3 Å². The molecule has 0 saturated heterocycles. The summed E-state index contributed by atoms with van der Waals surface area (Å²) in [6.45, 7) is 15.4. The highest BCUT2D eigenvalue weighted by molar-refractivity contribution is 6.07. The van der Waals surface area contributed by atoms with E-state index < -0.39 is 41.8 Å². The number of benzene rings is 1. The lowest BCUT2D eigenvalue weighted by Gasteiger charge is -2.33. The second kappa shape index (κ2) is 17.0. The molecule has 1 aromatic rings. The number of carbonyl (C=O) groups is 5. The van der Waals surface area contributed by atoms with Crippen molar-refractivity contribution >= 4 is 35.2 Å². The molecule has 1 aliphatic heterocycles. The predicted molar refractivity (Wildman–Crippen MR) is 171 cm³/mol. The van der Waals surface area contributed by atoms with Crippen molar-refractivity contribution in [2.24, 2.45) is 23.7 Å². The number of hydrogen-bond acceptors (Lipinski definition) is 6. The lowest BCUT2D eigenvalue weighted by atomic mass is 9.82. The van der Waals surface area contributed by atoms with Gasteiger partial charge in [-0.3, -0.25) is 19.2 Å². The Labute approximate surface area is 262 Å². The molecule has 0 aliphatic carbocycles. The molecule has 4 amide bonds. The highest BCUT2D eigenvalue weighted by atomic mass is 16.5. The summed E-state index contributed by atoms with van der Waals surface area (Å²) in [5.41, 5.74) is 1.87. The van der Waals surface area contributed by atoms with Gasteiger partial charge in [-0.25, -0.2) is 4.79 Å². The van der Waals surface area contributed by atoms with Gasteiger partial charge in [0.25, 0.3) is 5.91 Å². The topological polar surface area (TPSA) is 143 Å². The summed E-state index contributed by atoms with van der Waals surface area (Å²) in [5.74, 6) is -2.76. The Morgan fingerprint density at radius 3 is 1.75 bits per heavy atom. The molecule has 244 valence electrons. The fourth-order valence-electron chi connectivity index (χ4n) is 5.27. The van der Waals surface area contributed by atoms with Crippen LogP contribution in [0, 0.1) is 23.7 Å². The van der Waals surface area contributed by atoms with E-state index in [0.717, 1.165) is 6.42 Å². The van der Waals surface area contributed by atoms with E-state index >= 15 is 0 Å². The fraction of sp³-hybridized carbons (Fsp3) is 0.618. The molecule has 0 bridgehead atoms. The van der Waals surface area contributed by atoms with Crippen LogP contribution in [0.1, 0.15) is 97.0 Å². The number of esters is 1. The fourth-order valence-corrected chi connectivity index (χ4v) is 5.27. The highest BCUT2D eigenvalue weighted by Crippen LogP contribution is 2.31. The van der Waals surface area contributed by atoms with Gasteiger partial charge < -0.3 is 26.0 Å². The quantitative estimate of drug-likeness (QED) is 0.174. The number of nitrogens with one attached hydrogen (secondary N) is 4. The van der Waals surface area contributed by atoms with Crippen LogP contribution in [-0.4, -0.2) is 60.9 Å². The van der Waals surface area contributed by atoms with Crippen LogP contribution in [-0.2, 0) is 23.9 Å². The molecule has 0 unspecified atom stereocenters. The Morgan fingerprint density at radius 2 is 1.25 bits per heavy atom. The number of fused-ring (bicyclic) bond motifs is 1. The van der Waals surface area contributed by atoms with Crippen molar-refractivity contribution in [3.8, 4) is 0 Å². The average Bonchev–Trinajstić information content (AvgIpc) is 3.03. The van der Waals surface area contributed by atoms with E-state index in [4.69, 9.17) is 4.74 Å². The second-order valence-electron chi connectivity index (χ2n) is 12.1. The molecular weight excluding hydrogens is 560 g/mol. The molecule has 1 heterocycles. The SMILES string of the molecule is CC[C@H](C)[C@@H]1NC(=O)c2ccccc2/C1=C/C(=O)N[C@@H](C(=O)N[C@@H](C(=O)N[C@@H](C(=O)OC)[C@@H](C)CC)[C@@H](C)CC)[C@@H](C)CC. The summed E-state index contributed by atoms with van der Waals surface area (Å²) in [6.07, 6.45) is 4.10. The van der Waals surface area contributed by atoms with E-state index in [9.17, 15) is 24.0 Å². The number of amides is 4. The number of ether oxygens (including phenoxy) is 1. The minimum absolute atomic E-state index is 0.0686. The zero-order chi connectivity index (χ0) is 33.1. The van der Waals surface area contributed by atoms with Gasteiger partial charge in [0.1, 0.15) is 18.1 Å². The maximum atomic E-state index is 13.8. The Balaban J connectivity index is 2.38. The lowest BCUT2D eigenvalue weighted by molar-refractivity contribution is -0.147. The average molecular weight is 613 g/mol. The standard InChI is InChI=1S/C34H52N4O6/c1-10-19(5)27-25(23-16-14-15-17-24(23)31(40)36-27)18-26(39)35-28(20(6)11-2)32(41)37-29(21(7)12-3)33(42)38-30(22(8)13-4)34(43)44-9/h14-22,27-30H,10-13H2,1-9H3,(H,35,39)(H,36,40)(H,37,41)(H,38,42)/b25-18-/t19-,20-,21-,22-,27-,28+,29+,30+/m0/s1. The van der Waals surface area contributed by atoms with E-state index in [-0.39, 0.29) is 35.6 Å². The molecule has 0 saturated carbocycles. The Morgan fingerprint density at radius 1 is 0.773 bits per heavy atom. The molecule has 10 heteroatoms. The lowest BCUT2D eigenvalue weighted by Crippen LogP contribution is -2.59. The van der Waals surface area contributed by atoms with Crippen LogP contribution >= 0.6 is 0 Å². The van der Waals surface area contributed by atoms with Crippen molar-refractivity contribution in [1.29, 1.82) is 0 Å². The van der Waals surface area contributed by atoms with Crippen LogP contribution in [0.5, 0.6) is 0 Å². The number of hydrogen-bond donors (Lipinski definition) is 4. The molecule has 44 heavy (non-hydrogen) atoms. The molecule has 0 spiro atoms. The molecule has 1 aliphatic rings. The van der Waals surface area contributed by atoms with Gasteiger partial charge >= 0.3 is 5.97 Å². The Hall–Kier alpha value is -3.69. The van der Waals surface area contributed by atoms with Crippen molar-refractivity contribution in [2.75, 3.05) is 7.11 Å². The normalized spacial score (nSPS) is 20.1. The van der Waals surface area contributed by atoms with Gasteiger partial charge in [0.05, 0.1) is 13.2 Å². The number of methoxy groups -OCH3 is 1. The zero-order valence-corrected chi connectivity index (χ0v) is 27.8. The van der Waals surface area contributed by atoms with Crippen LogP contribution in [0.15, 0.2) is 30.3 Å². The highest BCUT2D eigenvalue weighted by Gasteiger charge is 2.36. The van der Waals surface area contributed by atoms with Gasteiger partial charge in [-0.05, 0) is 40.9 Å². The molecule has 4 N–H and O–H groups in total. The van der Waals surface area contributed by atoms with Crippen LogP contribution in [0.25, 0.3) is 5.57 Å². The molecule has 1 aromatic carbocycles. The zero-order valence-electron chi connectivity index (χ0n) is 27.8. The smallest absolute Gasteiger partial charge is 0.328 e. The van der Waals surface area contributed by atoms with Crippen molar-refractivity contribution in [3.63, 3.8) is 0 Å². The molecule has 0 fully saturated rings. The second-order valence-corrected chi connectivity index (χ2v) is 12.1. The van der Waals surface area contributed by atoms with Gasteiger partial charge in [-0.1, -0.05) is 99.3 Å². The number of rotatable bonds is 15. The summed E-state index contributed by atoms with van der Waals surface area (Å²) in [6, 6.07) is 4.10. The predicted octanol–water partition coefficient (Wildman–Crippen LogP) is 3.99. The number of carbonyl (C=O) groups excluding carboxylic acids is 5. The summed E-state index contributed by atoms with van der Waals surface area (Å²) in [5, 5.41) is 11.6. The van der Waals surface area contributed by atoms with Crippen molar-refractivity contribution in [1.82, 2.24) is 21.3 Å². The third-order valence-electron chi connectivity index (χ3n) is 9.16. The van der Waals surface area contributed by atoms with Crippen molar-refractivity contribution in [3.05, 3.63) is 41.5 Å². The Bertz CT molecular complexity index is 1210. The minimum Gasteiger partial charge on any atom is -0.467 e. The molecule has 10 nitrogen and oxygen atoms in total. The van der Waals surface area contributed by atoms with Gasteiger partial charge in [0.2, 0.25) is 17.7 Å². The van der Waals surface area contributed by atoms with Crippen molar-refractivity contribution in [2.45, 2.75) is 105 Å². The first-order chi connectivity index (χ1) is 20.8. The monoisotopic (exact) mass is 612 g/mol. The van der Waals surface area contributed by atoms with Crippen LogP contribution in [0.3, 0.4) is 0 Å². The van der Waals surface area contributed by atoms with E-state index in [1.54, 1.807) is 12.1 Å². The van der Waals surface area contributed by atoms with Crippen molar-refractivity contribution < 1.29 is 28.7 Å². The summed E-state index contributed by atoms with van der Waals surface area (Å²) in [4.78, 5) is 66.0. The summed E-state index contributed by atoms with van der Waals surface area (Å²) >= 11 is 0. The van der Waals surface area contributed by atoms with Gasteiger partial charge in [-0.2, -0.15) is 0 Å². The Kier molecular flexibility index (Phi) is 14.1. The largest absolute Gasteiger partial charge is 0.467 e. The maximum absolute atomic E-state index is 13.8. The van der Waals surface area contributed by atoms with Gasteiger partial charge in [0, 0.05) is 11.6 Å². The summed E-state index contributed by atoms with van der Waals surface area (Å²) in [7, 11) is 1.28. The molecule has 2 rings (SSSR count). The maximum Gasteiger partial charge on any atom is 0.328 e. The molecule has 8 atom stereocenters. The van der Waals surface area contributed by atoms with E-state index in [2.05, 4.69) is 21.3 Å². The van der Waals surface area contributed by atoms with E-state index in [1.165, 1.54) is 13.2 Å². The third-order valence-corrected chi connectivity index (χ3v) is 9.16. The van der Waals surface area contributed by atoms with E-state index in [1.807, 2.05) is 67.5 Å². The third kappa shape index (κ3) is 8.92. The van der Waals surface area contributed by atoms with Crippen LogP contribution in [0.4, 0.5) is 0 Å². The van der Waals surface area contributed by atoms with E-state index in [0.29, 0.717) is 36.0 Å². The first-order valence-corrected chi connectivity index (χ1v) is 16.0. The first kappa shape index (κ1) is 36.5.